The summed E-state index contributed by atoms with van der Waals surface area (Å²) < 4.78 is 7.33. The molecule has 1 N–H and O–H groups in total. The first-order valence-corrected chi connectivity index (χ1v) is 8.41. The van der Waals surface area contributed by atoms with E-state index in [4.69, 9.17) is 9.84 Å². The molecular formula is C18H19N3O4. The number of carbonyl (C=O) groups is 2. The van der Waals surface area contributed by atoms with Crippen molar-refractivity contribution in [2.75, 3.05) is 19.7 Å². The number of para-hydroxylation sites is 1. The van der Waals surface area contributed by atoms with Crippen LogP contribution in [0.1, 0.15) is 40.7 Å². The van der Waals surface area contributed by atoms with Crippen molar-refractivity contribution in [3.8, 4) is 5.75 Å². The van der Waals surface area contributed by atoms with Gasteiger partial charge in [-0.25, -0.2) is 4.79 Å². The van der Waals surface area contributed by atoms with Gasteiger partial charge in [0.2, 0.25) is 5.91 Å². The fraction of sp³-hybridized carbons (Fsp3) is 0.389. The van der Waals surface area contributed by atoms with Crippen molar-refractivity contribution >= 4 is 11.9 Å². The highest BCUT2D eigenvalue weighted by atomic mass is 16.5. The van der Waals surface area contributed by atoms with Crippen LogP contribution in [0.3, 0.4) is 0 Å². The van der Waals surface area contributed by atoms with Crippen LogP contribution in [0.25, 0.3) is 0 Å². The Morgan fingerprint density at radius 2 is 1.96 bits per heavy atom. The van der Waals surface area contributed by atoms with Gasteiger partial charge in [-0.2, -0.15) is 5.10 Å². The Hall–Kier alpha value is -2.83. The van der Waals surface area contributed by atoms with E-state index in [0.717, 1.165) is 24.2 Å². The fourth-order valence-electron chi connectivity index (χ4n) is 3.59. The predicted octanol–water partition coefficient (Wildman–Crippen LogP) is 1.92. The maximum Gasteiger partial charge on any atom is 0.338 e. The van der Waals surface area contributed by atoms with Gasteiger partial charge in [0.25, 0.3) is 0 Å². The summed E-state index contributed by atoms with van der Waals surface area (Å²) in [5.41, 5.74) is 1.16. The molecule has 1 amide bonds. The van der Waals surface area contributed by atoms with Crippen LogP contribution in [0.15, 0.2) is 36.7 Å². The number of rotatable bonds is 3. The lowest BCUT2D eigenvalue weighted by Crippen LogP contribution is -2.42. The zero-order chi connectivity index (χ0) is 17.4. The molecule has 7 heteroatoms. The van der Waals surface area contributed by atoms with Gasteiger partial charge in [-0.05, 0) is 18.9 Å². The minimum atomic E-state index is -0.973. The number of ether oxygens (including phenoxy) is 1. The van der Waals surface area contributed by atoms with Crippen LogP contribution in [-0.2, 0) is 4.79 Å². The number of aromatic nitrogens is 2. The molecule has 25 heavy (non-hydrogen) atoms. The molecule has 4 rings (SSSR count). The van der Waals surface area contributed by atoms with Crippen molar-refractivity contribution in [1.29, 1.82) is 0 Å². The second kappa shape index (κ2) is 6.23. The molecule has 130 valence electrons. The Bertz CT molecular complexity index is 808. The summed E-state index contributed by atoms with van der Waals surface area (Å²) >= 11 is 0. The molecule has 1 unspecified atom stereocenters. The molecule has 0 radical (unpaired) electrons. The van der Waals surface area contributed by atoms with E-state index in [0.29, 0.717) is 19.7 Å². The molecular weight excluding hydrogens is 322 g/mol. The van der Waals surface area contributed by atoms with Gasteiger partial charge in [0.15, 0.2) is 0 Å². The Balaban J connectivity index is 1.40. The van der Waals surface area contributed by atoms with E-state index in [-0.39, 0.29) is 23.4 Å². The van der Waals surface area contributed by atoms with Gasteiger partial charge >= 0.3 is 5.97 Å². The Morgan fingerprint density at radius 3 is 2.68 bits per heavy atom. The van der Waals surface area contributed by atoms with Gasteiger partial charge in [0.1, 0.15) is 18.3 Å². The number of amides is 1. The summed E-state index contributed by atoms with van der Waals surface area (Å²) in [4.78, 5) is 25.7. The molecule has 2 aliphatic heterocycles. The summed E-state index contributed by atoms with van der Waals surface area (Å²) in [6, 6.07) is 7.82. The standard InChI is InChI=1S/C18H19N3O4/c22-17(15-11-25-16-4-2-1-3-14(15)16)20-7-5-13(6-8-20)21-10-12(9-19-21)18(23)24/h1-4,9-10,13,15H,5-8,11H2,(H,23,24). The molecule has 2 aromatic rings. The van der Waals surface area contributed by atoms with E-state index < -0.39 is 5.97 Å². The topological polar surface area (TPSA) is 84.7 Å². The van der Waals surface area contributed by atoms with Crippen molar-refractivity contribution in [1.82, 2.24) is 14.7 Å². The Labute approximate surface area is 144 Å². The molecule has 1 fully saturated rings. The zero-order valence-electron chi connectivity index (χ0n) is 13.7. The normalized spacial score (nSPS) is 20.2. The SMILES string of the molecule is O=C(O)c1cnn(C2CCN(C(=O)C3COc4ccccc43)CC2)c1. The number of nitrogens with zero attached hydrogens (tertiary/aromatic N) is 3. The van der Waals surface area contributed by atoms with Gasteiger partial charge in [0.05, 0.1) is 17.8 Å². The number of carbonyl (C=O) groups excluding carboxylic acids is 1. The van der Waals surface area contributed by atoms with E-state index in [9.17, 15) is 9.59 Å². The van der Waals surface area contributed by atoms with Gasteiger partial charge in [-0.3, -0.25) is 9.48 Å². The summed E-state index contributed by atoms with van der Waals surface area (Å²) in [6.07, 6.45) is 4.46. The van der Waals surface area contributed by atoms with Crippen molar-refractivity contribution < 1.29 is 19.4 Å². The highest BCUT2D eigenvalue weighted by Crippen LogP contribution is 2.35. The number of piperidine rings is 1. The molecule has 3 heterocycles. The average Bonchev–Trinajstić information content (AvgIpc) is 3.29. The van der Waals surface area contributed by atoms with E-state index in [1.54, 1.807) is 10.9 Å². The number of hydrogen-bond donors (Lipinski definition) is 1. The maximum atomic E-state index is 12.8. The smallest absolute Gasteiger partial charge is 0.338 e. The lowest BCUT2D eigenvalue weighted by molar-refractivity contribution is -0.134. The second-order valence-corrected chi connectivity index (χ2v) is 6.47. The van der Waals surface area contributed by atoms with E-state index in [2.05, 4.69) is 5.10 Å². The number of benzene rings is 1. The zero-order valence-corrected chi connectivity index (χ0v) is 13.7. The number of hydrogen-bond acceptors (Lipinski definition) is 4. The summed E-state index contributed by atoms with van der Waals surface area (Å²) in [6.45, 7) is 1.69. The van der Waals surface area contributed by atoms with E-state index in [1.807, 2.05) is 29.2 Å². The van der Waals surface area contributed by atoms with Crippen LogP contribution in [0.4, 0.5) is 0 Å². The molecule has 0 bridgehead atoms. The average molecular weight is 341 g/mol. The fourth-order valence-corrected chi connectivity index (χ4v) is 3.59. The quantitative estimate of drug-likeness (QED) is 0.922. The Morgan fingerprint density at radius 1 is 1.20 bits per heavy atom. The van der Waals surface area contributed by atoms with Crippen LogP contribution < -0.4 is 4.74 Å². The van der Waals surface area contributed by atoms with Crippen LogP contribution >= 0.6 is 0 Å². The summed E-state index contributed by atoms with van der Waals surface area (Å²) in [7, 11) is 0. The maximum absolute atomic E-state index is 12.8. The largest absolute Gasteiger partial charge is 0.492 e. The molecule has 1 saturated heterocycles. The number of fused-ring (bicyclic) bond motifs is 1. The van der Waals surface area contributed by atoms with Gasteiger partial charge in [-0.1, -0.05) is 18.2 Å². The highest BCUT2D eigenvalue weighted by molar-refractivity contribution is 5.87. The minimum Gasteiger partial charge on any atom is -0.492 e. The number of aromatic carboxylic acids is 1. The molecule has 2 aliphatic rings. The van der Waals surface area contributed by atoms with Crippen LogP contribution in [0.2, 0.25) is 0 Å². The first-order chi connectivity index (χ1) is 12.1. The van der Waals surface area contributed by atoms with Crippen molar-refractivity contribution in [2.24, 2.45) is 0 Å². The lowest BCUT2D eigenvalue weighted by Gasteiger charge is -2.33. The second-order valence-electron chi connectivity index (χ2n) is 6.47. The lowest BCUT2D eigenvalue weighted by atomic mass is 9.97. The van der Waals surface area contributed by atoms with Crippen LogP contribution in [-0.4, -0.2) is 51.4 Å². The molecule has 0 spiro atoms. The first-order valence-electron chi connectivity index (χ1n) is 8.41. The minimum absolute atomic E-state index is 0.107. The third-order valence-corrected chi connectivity index (χ3v) is 5.00. The predicted molar refractivity (Wildman–Crippen MR) is 88.7 cm³/mol. The highest BCUT2D eigenvalue weighted by Gasteiger charge is 2.35. The van der Waals surface area contributed by atoms with E-state index >= 15 is 0 Å². The van der Waals surface area contributed by atoms with Crippen molar-refractivity contribution in [3.05, 3.63) is 47.8 Å². The van der Waals surface area contributed by atoms with E-state index in [1.165, 1.54) is 6.20 Å². The number of carboxylic acid groups (broad SMARTS) is 1. The van der Waals surface area contributed by atoms with Gasteiger partial charge in [0, 0.05) is 24.8 Å². The first kappa shape index (κ1) is 15.7. The third kappa shape index (κ3) is 2.86. The van der Waals surface area contributed by atoms with Gasteiger partial charge < -0.3 is 14.7 Å². The van der Waals surface area contributed by atoms with Crippen LogP contribution in [0, 0.1) is 0 Å². The molecule has 1 atom stereocenters. The molecule has 1 aromatic heterocycles. The molecule has 7 nitrogen and oxygen atoms in total. The van der Waals surface area contributed by atoms with Crippen molar-refractivity contribution in [2.45, 2.75) is 24.8 Å². The van der Waals surface area contributed by atoms with Gasteiger partial charge in [-0.15, -0.1) is 0 Å². The Kier molecular flexibility index (Phi) is 3.91. The molecule has 0 saturated carbocycles. The monoisotopic (exact) mass is 341 g/mol. The molecule has 0 aliphatic carbocycles. The summed E-state index contributed by atoms with van der Waals surface area (Å²) in [5.74, 6) is -0.293. The number of carboxylic acids is 1. The van der Waals surface area contributed by atoms with Crippen LogP contribution in [0.5, 0.6) is 5.75 Å². The van der Waals surface area contributed by atoms with Crippen molar-refractivity contribution in [3.63, 3.8) is 0 Å². The summed E-state index contributed by atoms with van der Waals surface area (Å²) in [5, 5.41) is 13.1. The molecule has 1 aromatic carbocycles. The third-order valence-electron chi connectivity index (χ3n) is 5.00. The number of likely N-dealkylation sites (tertiary alicyclic amines) is 1.